The molecule has 2 heterocycles. The number of nitrogens with zero attached hydrogens (tertiary/aromatic N) is 2. The van der Waals surface area contributed by atoms with E-state index in [1.54, 1.807) is 19.0 Å². The molecule has 2 aliphatic rings. The summed E-state index contributed by atoms with van der Waals surface area (Å²) in [7, 11) is 3.51. The van der Waals surface area contributed by atoms with Gasteiger partial charge in [0.25, 0.3) is 5.91 Å². The molecule has 1 saturated heterocycles. The van der Waals surface area contributed by atoms with Crippen molar-refractivity contribution in [3.8, 4) is 5.75 Å². The second kappa shape index (κ2) is 10.7. The van der Waals surface area contributed by atoms with Crippen LogP contribution in [0.5, 0.6) is 5.75 Å². The van der Waals surface area contributed by atoms with E-state index in [1.807, 2.05) is 48.5 Å². The maximum absolute atomic E-state index is 12.5. The summed E-state index contributed by atoms with van der Waals surface area (Å²) in [5.74, 6) is 0.698. The maximum Gasteiger partial charge on any atom is 0.253 e. The molecule has 3 aromatic rings. The second-order valence-corrected chi connectivity index (χ2v) is 10.6. The summed E-state index contributed by atoms with van der Waals surface area (Å²) < 4.78 is 6.19. The molecule has 1 amide bonds. The van der Waals surface area contributed by atoms with Gasteiger partial charge in [0, 0.05) is 49.9 Å². The van der Waals surface area contributed by atoms with E-state index in [0.717, 1.165) is 54.1 Å². The van der Waals surface area contributed by atoms with Crippen LogP contribution in [0.15, 0.2) is 72.8 Å². The molecule has 0 aromatic heterocycles. The molecule has 1 N–H and O–H groups in total. The van der Waals surface area contributed by atoms with Crippen molar-refractivity contribution in [2.24, 2.45) is 0 Å². The van der Waals surface area contributed by atoms with Crippen molar-refractivity contribution in [2.45, 2.75) is 31.5 Å². The number of piperidine rings is 1. The SMILES string of the molecule is CN(C)C(=O)c1ccc2c(c1)OCc1ccccc1/C2=C\CCN1CCC(O)(c2ccc(Cl)cc2)CC1. The highest BCUT2D eigenvalue weighted by atomic mass is 35.5. The molecular weight excluding hydrogens is 484 g/mol. The van der Waals surface area contributed by atoms with Crippen LogP contribution in [0.4, 0.5) is 0 Å². The highest BCUT2D eigenvalue weighted by Gasteiger charge is 2.33. The lowest BCUT2D eigenvalue weighted by Crippen LogP contribution is -2.42. The van der Waals surface area contributed by atoms with Crippen molar-refractivity contribution >= 4 is 23.1 Å². The van der Waals surface area contributed by atoms with Gasteiger partial charge in [-0.25, -0.2) is 0 Å². The lowest BCUT2D eigenvalue weighted by atomic mass is 9.84. The topological polar surface area (TPSA) is 53.0 Å². The Balaban J connectivity index is 1.33. The molecule has 0 atom stereocenters. The van der Waals surface area contributed by atoms with Crippen molar-refractivity contribution in [3.63, 3.8) is 0 Å². The van der Waals surface area contributed by atoms with Gasteiger partial charge in [0.05, 0.1) is 5.60 Å². The highest BCUT2D eigenvalue weighted by Crippen LogP contribution is 2.38. The molecule has 6 heteroatoms. The number of likely N-dealkylation sites (tertiary alicyclic amines) is 1. The van der Waals surface area contributed by atoms with Gasteiger partial charge in [0.1, 0.15) is 12.4 Å². The van der Waals surface area contributed by atoms with Crippen molar-refractivity contribution in [1.82, 2.24) is 9.80 Å². The summed E-state index contributed by atoms with van der Waals surface area (Å²) in [5.41, 5.74) is 5.23. The molecule has 2 aliphatic heterocycles. The van der Waals surface area contributed by atoms with Crippen LogP contribution >= 0.6 is 11.6 Å². The summed E-state index contributed by atoms with van der Waals surface area (Å²) in [6.07, 6.45) is 4.57. The first-order chi connectivity index (χ1) is 17.8. The molecule has 5 rings (SSSR count). The molecule has 0 aliphatic carbocycles. The predicted molar refractivity (Wildman–Crippen MR) is 148 cm³/mol. The van der Waals surface area contributed by atoms with Gasteiger partial charge in [-0.3, -0.25) is 4.79 Å². The number of fused-ring (bicyclic) bond motifs is 2. The lowest BCUT2D eigenvalue weighted by Gasteiger charge is -2.38. The summed E-state index contributed by atoms with van der Waals surface area (Å²) in [6, 6.07) is 21.6. The van der Waals surface area contributed by atoms with Gasteiger partial charge < -0.3 is 19.6 Å². The number of hydrogen-bond acceptors (Lipinski definition) is 4. The van der Waals surface area contributed by atoms with E-state index in [4.69, 9.17) is 16.3 Å². The third-order valence-electron chi connectivity index (χ3n) is 7.47. The van der Waals surface area contributed by atoms with Crippen molar-refractivity contribution < 1.29 is 14.6 Å². The Morgan fingerprint density at radius 3 is 2.51 bits per heavy atom. The summed E-state index contributed by atoms with van der Waals surface area (Å²) in [6.45, 7) is 3.06. The zero-order chi connectivity index (χ0) is 26.0. The molecule has 0 unspecified atom stereocenters. The Bertz CT molecular complexity index is 1310. The number of carbonyl (C=O) groups is 1. The molecule has 1 fully saturated rings. The van der Waals surface area contributed by atoms with Crippen LogP contribution in [0.25, 0.3) is 5.57 Å². The number of rotatable bonds is 5. The van der Waals surface area contributed by atoms with Crippen molar-refractivity contribution in [1.29, 1.82) is 0 Å². The Morgan fingerprint density at radius 1 is 1.05 bits per heavy atom. The highest BCUT2D eigenvalue weighted by molar-refractivity contribution is 6.30. The Hall–Kier alpha value is -3.12. The summed E-state index contributed by atoms with van der Waals surface area (Å²) in [5, 5.41) is 11.9. The standard InChI is InChI=1S/C31H33ClN2O3/c1-33(2)30(35)22-9-14-28-27(26-7-4-3-6-23(26)21-37-29(28)20-22)8-5-17-34-18-15-31(36,16-19-34)24-10-12-25(32)13-11-24/h3-4,6-14,20,36H,5,15-19,21H2,1-2H3/b27-8+. The molecule has 3 aromatic carbocycles. The maximum atomic E-state index is 12.5. The van der Waals surface area contributed by atoms with Gasteiger partial charge >= 0.3 is 0 Å². The first-order valence-electron chi connectivity index (χ1n) is 12.8. The van der Waals surface area contributed by atoms with E-state index in [9.17, 15) is 9.90 Å². The van der Waals surface area contributed by atoms with Gasteiger partial charge in [0.2, 0.25) is 0 Å². The lowest BCUT2D eigenvalue weighted by molar-refractivity contribution is -0.0254. The zero-order valence-corrected chi connectivity index (χ0v) is 22.2. The fraction of sp³-hybridized carbons (Fsp3) is 0.323. The molecule has 0 saturated carbocycles. The Kier molecular flexibility index (Phi) is 7.38. The van der Waals surface area contributed by atoms with E-state index < -0.39 is 5.60 Å². The summed E-state index contributed by atoms with van der Waals surface area (Å²) in [4.78, 5) is 16.5. The number of halogens is 1. The van der Waals surface area contributed by atoms with Gasteiger partial charge in [-0.15, -0.1) is 0 Å². The average molecular weight is 517 g/mol. The molecular formula is C31H33ClN2O3. The first kappa shape index (κ1) is 25.5. The minimum absolute atomic E-state index is 0.0395. The van der Waals surface area contributed by atoms with Gasteiger partial charge in [-0.2, -0.15) is 0 Å². The quantitative estimate of drug-likeness (QED) is 0.470. The smallest absolute Gasteiger partial charge is 0.253 e. The number of benzene rings is 3. The molecule has 37 heavy (non-hydrogen) atoms. The van der Waals surface area contributed by atoms with Crippen molar-refractivity contribution in [2.75, 3.05) is 33.7 Å². The van der Waals surface area contributed by atoms with E-state index in [-0.39, 0.29) is 5.91 Å². The van der Waals surface area contributed by atoms with Gasteiger partial charge in [-0.1, -0.05) is 54.1 Å². The third kappa shape index (κ3) is 5.45. The third-order valence-corrected chi connectivity index (χ3v) is 7.73. The largest absolute Gasteiger partial charge is 0.488 e. The monoisotopic (exact) mass is 516 g/mol. The van der Waals surface area contributed by atoms with Crippen LogP contribution in [0.3, 0.4) is 0 Å². The van der Waals surface area contributed by atoms with E-state index in [1.165, 1.54) is 5.56 Å². The van der Waals surface area contributed by atoms with Crippen LogP contribution in [-0.4, -0.2) is 54.5 Å². The first-order valence-corrected chi connectivity index (χ1v) is 13.2. The number of hydrogen-bond donors (Lipinski definition) is 1. The average Bonchev–Trinajstić information content (AvgIpc) is 3.06. The van der Waals surface area contributed by atoms with Crippen LogP contribution in [0, 0.1) is 0 Å². The number of aliphatic hydroxyl groups is 1. The number of amides is 1. The number of ether oxygens (including phenoxy) is 1. The fourth-order valence-electron chi connectivity index (χ4n) is 5.27. The Morgan fingerprint density at radius 2 is 1.78 bits per heavy atom. The van der Waals surface area contributed by atoms with Crippen LogP contribution in [0.2, 0.25) is 5.02 Å². The van der Waals surface area contributed by atoms with Gasteiger partial charge in [-0.05, 0) is 71.9 Å². The number of carbonyl (C=O) groups excluding carboxylic acids is 1. The summed E-state index contributed by atoms with van der Waals surface area (Å²) >= 11 is 6.03. The molecule has 0 bridgehead atoms. The molecule has 0 spiro atoms. The minimum atomic E-state index is -0.794. The minimum Gasteiger partial charge on any atom is -0.488 e. The van der Waals surface area contributed by atoms with E-state index >= 15 is 0 Å². The van der Waals surface area contributed by atoms with Crippen LogP contribution < -0.4 is 4.74 Å². The zero-order valence-electron chi connectivity index (χ0n) is 21.4. The van der Waals surface area contributed by atoms with E-state index in [0.29, 0.717) is 30.0 Å². The molecule has 192 valence electrons. The van der Waals surface area contributed by atoms with Crippen molar-refractivity contribution in [3.05, 3.63) is 106 Å². The Labute approximate surface area is 223 Å². The van der Waals surface area contributed by atoms with E-state index in [2.05, 4.69) is 29.2 Å². The normalized spacial score (nSPS) is 17.9. The fourth-order valence-corrected chi connectivity index (χ4v) is 5.40. The predicted octanol–water partition coefficient (Wildman–Crippen LogP) is 5.74. The second-order valence-electron chi connectivity index (χ2n) is 10.1. The van der Waals surface area contributed by atoms with Crippen LogP contribution in [-0.2, 0) is 12.2 Å². The van der Waals surface area contributed by atoms with Crippen LogP contribution in [0.1, 0.15) is 51.9 Å². The van der Waals surface area contributed by atoms with Gasteiger partial charge in [0.15, 0.2) is 0 Å². The molecule has 0 radical (unpaired) electrons. The molecule has 5 nitrogen and oxygen atoms in total.